The van der Waals surface area contributed by atoms with Gasteiger partial charge in [0.1, 0.15) is 5.82 Å². The zero-order valence-corrected chi connectivity index (χ0v) is 12.2. The fourth-order valence-electron chi connectivity index (χ4n) is 1.72. The summed E-state index contributed by atoms with van der Waals surface area (Å²) >= 11 is 3.33. The van der Waals surface area contributed by atoms with Crippen LogP contribution in [0.5, 0.6) is 5.75 Å². The number of methoxy groups -OCH3 is 1. The lowest BCUT2D eigenvalue weighted by atomic mass is 10.1. The molecule has 0 saturated carbocycles. The third-order valence-electron chi connectivity index (χ3n) is 2.77. The van der Waals surface area contributed by atoms with Crippen LogP contribution in [0.4, 0.5) is 10.2 Å². The van der Waals surface area contributed by atoms with Gasteiger partial charge < -0.3 is 10.1 Å². The third-order valence-corrected chi connectivity index (χ3v) is 3.24. The number of hydrogen-bond donors (Lipinski definition) is 1. The summed E-state index contributed by atoms with van der Waals surface area (Å²) in [7, 11) is 1.45. The minimum atomic E-state index is -0.364. The number of nitrogens with zero attached hydrogens (tertiary/aromatic N) is 1. The van der Waals surface area contributed by atoms with Crippen LogP contribution < -0.4 is 10.1 Å². The first kappa shape index (κ1) is 13.8. The number of halogens is 2. The molecule has 1 atom stereocenters. The van der Waals surface area contributed by atoms with Gasteiger partial charge in [-0.25, -0.2) is 9.37 Å². The lowest BCUT2D eigenvalue weighted by Gasteiger charge is -2.15. The van der Waals surface area contributed by atoms with Gasteiger partial charge in [0.15, 0.2) is 11.6 Å². The first-order valence-electron chi connectivity index (χ1n) is 5.81. The van der Waals surface area contributed by atoms with E-state index in [4.69, 9.17) is 4.74 Å². The van der Waals surface area contributed by atoms with Crippen molar-refractivity contribution in [2.24, 2.45) is 0 Å². The predicted molar refractivity (Wildman–Crippen MR) is 76.9 cm³/mol. The molecule has 0 bridgehead atoms. The number of ether oxygens (including phenoxy) is 1. The summed E-state index contributed by atoms with van der Waals surface area (Å²) in [4.78, 5) is 4.22. The van der Waals surface area contributed by atoms with Crippen LogP contribution in [0.2, 0.25) is 0 Å². The smallest absolute Gasteiger partial charge is 0.165 e. The molecule has 0 amide bonds. The van der Waals surface area contributed by atoms with E-state index in [9.17, 15) is 4.39 Å². The van der Waals surface area contributed by atoms with E-state index < -0.39 is 0 Å². The summed E-state index contributed by atoms with van der Waals surface area (Å²) in [5, 5.41) is 3.21. The Hall–Kier alpha value is -1.62. The van der Waals surface area contributed by atoms with Gasteiger partial charge in [0.05, 0.1) is 13.2 Å². The molecule has 5 heteroatoms. The largest absolute Gasteiger partial charge is 0.494 e. The second kappa shape index (κ2) is 6.02. The van der Waals surface area contributed by atoms with Crippen molar-refractivity contribution in [3.63, 3.8) is 0 Å². The molecular formula is C14H14BrFN2O. The molecule has 0 aliphatic heterocycles. The molecule has 3 nitrogen and oxygen atoms in total. The molecule has 0 saturated heterocycles. The normalized spacial score (nSPS) is 12.0. The maximum atomic E-state index is 13.6. The summed E-state index contributed by atoms with van der Waals surface area (Å²) in [5.41, 5.74) is 0.836. The van der Waals surface area contributed by atoms with Crippen molar-refractivity contribution in [2.45, 2.75) is 13.0 Å². The summed E-state index contributed by atoms with van der Waals surface area (Å²) < 4.78 is 19.4. The van der Waals surface area contributed by atoms with E-state index in [1.807, 2.05) is 25.1 Å². The lowest BCUT2D eigenvalue weighted by Crippen LogP contribution is -2.08. The molecule has 2 rings (SSSR count). The molecule has 1 aromatic carbocycles. The highest BCUT2D eigenvalue weighted by Gasteiger charge is 2.10. The van der Waals surface area contributed by atoms with Gasteiger partial charge in [0, 0.05) is 10.7 Å². The van der Waals surface area contributed by atoms with Gasteiger partial charge >= 0.3 is 0 Å². The first-order valence-corrected chi connectivity index (χ1v) is 6.61. The lowest BCUT2D eigenvalue weighted by molar-refractivity contribution is 0.386. The molecule has 0 fully saturated rings. The first-order chi connectivity index (χ1) is 9.10. The van der Waals surface area contributed by atoms with E-state index in [0.717, 1.165) is 15.9 Å². The fourth-order valence-corrected chi connectivity index (χ4v) is 1.95. The van der Waals surface area contributed by atoms with Crippen molar-refractivity contribution in [2.75, 3.05) is 12.4 Å². The second-order valence-electron chi connectivity index (χ2n) is 4.12. The molecule has 1 aromatic heterocycles. The van der Waals surface area contributed by atoms with Gasteiger partial charge in [0.25, 0.3) is 0 Å². The fraction of sp³-hybridized carbons (Fsp3) is 0.214. The van der Waals surface area contributed by atoms with Gasteiger partial charge in [-0.1, -0.05) is 6.07 Å². The third kappa shape index (κ3) is 3.44. The Kier molecular flexibility index (Phi) is 4.37. The summed E-state index contributed by atoms with van der Waals surface area (Å²) in [5.74, 6) is 0.627. The Morgan fingerprint density at radius 1 is 1.32 bits per heavy atom. The zero-order chi connectivity index (χ0) is 13.8. The summed E-state index contributed by atoms with van der Waals surface area (Å²) in [6, 6.07) is 8.64. The maximum Gasteiger partial charge on any atom is 0.165 e. The number of benzene rings is 1. The van der Waals surface area contributed by atoms with Crippen LogP contribution in [-0.2, 0) is 0 Å². The Morgan fingerprint density at radius 2 is 2.11 bits per heavy atom. The molecule has 100 valence electrons. The number of anilines is 1. The van der Waals surface area contributed by atoms with Gasteiger partial charge in [-0.05, 0) is 52.7 Å². The molecule has 1 N–H and O–H groups in total. The van der Waals surface area contributed by atoms with Gasteiger partial charge in [-0.15, -0.1) is 0 Å². The van der Waals surface area contributed by atoms with Crippen LogP contribution >= 0.6 is 15.9 Å². The molecule has 0 spiro atoms. The summed E-state index contributed by atoms with van der Waals surface area (Å²) in [6.45, 7) is 1.95. The molecule has 2 aromatic rings. The van der Waals surface area contributed by atoms with Crippen LogP contribution in [0.1, 0.15) is 18.5 Å². The molecule has 0 radical (unpaired) electrons. The van der Waals surface area contributed by atoms with Gasteiger partial charge in [-0.3, -0.25) is 0 Å². The highest BCUT2D eigenvalue weighted by Crippen LogP contribution is 2.24. The van der Waals surface area contributed by atoms with E-state index in [1.165, 1.54) is 13.2 Å². The Labute approximate surface area is 119 Å². The Balaban J connectivity index is 2.13. The number of nitrogens with one attached hydrogen (secondary N) is 1. The Morgan fingerprint density at radius 3 is 2.68 bits per heavy atom. The van der Waals surface area contributed by atoms with E-state index in [-0.39, 0.29) is 17.6 Å². The number of rotatable bonds is 4. The molecule has 0 aliphatic rings. The molecule has 1 unspecified atom stereocenters. The van der Waals surface area contributed by atoms with Gasteiger partial charge in [-0.2, -0.15) is 0 Å². The highest BCUT2D eigenvalue weighted by atomic mass is 79.9. The van der Waals surface area contributed by atoms with Crippen LogP contribution in [0.25, 0.3) is 0 Å². The van der Waals surface area contributed by atoms with Crippen LogP contribution in [0.15, 0.2) is 41.0 Å². The Bertz CT molecular complexity index is 560. The molecule has 1 heterocycles. The van der Waals surface area contributed by atoms with Crippen molar-refractivity contribution in [1.82, 2.24) is 4.98 Å². The second-order valence-corrected chi connectivity index (χ2v) is 5.04. The quantitative estimate of drug-likeness (QED) is 0.916. The molecular weight excluding hydrogens is 311 g/mol. The van der Waals surface area contributed by atoms with Crippen LogP contribution in [0, 0.1) is 5.82 Å². The standard InChI is InChI=1S/C14H14BrFN2O/c1-9(18-14-6-4-11(15)8-17-14)10-3-5-13(19-2)12(16)7-10/h3-9H,1-2H3,(H,17,18). The minimum absolute atomic E-state index is 0.0471. The molecule has 19 heavy (non-hydrogen) atoms. The van der Waals surface area contributed by atoms with Crippen LogP contribution in [0.3, 0.4) is 0 Å². The SMILES string of the molecule is COc1ccc(C(C)Nc2ccc(Br)cn2)cc1F. The van der Waals surface area contributed by atoms with E-state index >= 15 is 0 Å². The van der Waals surface area contributed by atoms with Crippen molar-refractivity contribution in [1.29, 1.82) is 0 Å². The van der Waals surface area contributed by atoms with E-state index in [1.54, 1.807) is 12.3 Å². The predicted octanol–water partition coefficient (Wildman–Crippen LogP) is 4.16. The number of pyridine rings is 1. The highest BCUT2D eigenvalue weighted by molar-refractivity contribution is 9.10. The van der Waals surface area contributed by atoms with Crippen molar-refractivity contribution in [3.05, 3.63) is 52.4 Å². The number of hydrogen-bond acceptors (Lipinski definition) is 3. The van der Waals surface area contributed by atoms with Gasteiger partial charge in [0.2, 0.25) is 0 Å². The van der Waals surface area contributed by atoms with Crippen molar-refractivity contribution in [3.8, 4) is 5.75 Å². The average molecular weight is 325 g/mol. The topological polar surface area (TPSA) is 34.1 Å². The zero-order valence-electron chi connectivity index (χ0n) is 10.7. The van der Waals surface area contributed by atoms with E-state index in [0.29, 0.717) is 0 Å². The average Bonchev–Trinajstić information content (AvgIpc) is 2.41. The monoisotopic (exact) mass is 324 g/mol. The minimum Gasteiger partial charge on any atom is -0.494 e. The molecule has 0 aliphatic carbocycles. The van der Waals surface area contributed by atoms with Crippen molar-refractivity contribution < 1.29 is 9.13 Å². The van der Waals surface area contributed by atoms with Crippen LogP contribution in [-0.4, -0.2) is 12.1 Å². The van der Waals surface area contributed by atoms with E-state index in [2.05, 4.69) is 26.2 Å². The number of aromatic nitrogens is 1. The van der Waals surface area contributed by atoms with Crippen molar-refractivity contribution >= 4 is 21.7 Å². The summed E-state index contributed by atoms with van der Waals surface area (Å²) in [6.07, 6.45) is 1.71. The maximum absolute atomic E-state index is 13.6.